The molecule has 0 amide bonds. The molecule has 0 atom stereocenters. The van der Waals surface area contributed by atoms with Crippen LogP contribution >= 0.6 is 11.6 Å². The zero-order valence-corrected chi connectivity index (χ0v) is 12.5. The topological polar surface area (TPSA) is 66.4 Å². The number of sulfonamides is 1. The van der Waals surface area contributed by atoms with E-state index in [9.17, 15) is 12.8 Å². The average Bonchev–Trinajstić information content (AvgIpc) is 2.92. The van der Waals surface area contributed by atoms with E-state index in [0.29, 0.717) is 12.5 Å². The van der Waals surface area contributed by atoms with Gasteiger partial charge in [-0.15, -0.1) is 0 Å². The van der Waals surface area contributed by atoms with Gasteiger partial charge in [-0.2, -0.15) is 0 Å². The van der Waals surface area contributed by atoms with Crippen LogP contribution in [0.4, 0.5) is 4.39 Å². The number of hydrogen-bond donors (Lipinski definition) is 2. The molecule has 2 N–H and O–H groups in total. The summed E-state index contributed by atoms with van der Waals surface area (Å²) >= 11 is 5.65. The zero-order chi connectivity index (χ0) is 14.8. The van der Waals surface area contributed by atoms with Crippen LogP contribution in [0.15, 0.2) is 17.0 Å². The molecule has 0 heterocycles. The highest BCUT2D eigenvalue weighted by atomic mass is 35.5. The molecular weight excluding hydrogens is 305 g/mol. The molecule has 1 aromatic rings. The van der Waals surface area contributed by atoms with E-state index in [1.54, 1.807) is 0 Å². The molecular formula is C13H17ClFNO3S. The Hall–Kier alpha value is -0.690. The van der Waals surface area contributed by atoms with E-state index in [1.165, 1.54) is 6.07 Å². The molecule has 1 saturated carbocycles. The van der Waals surface area contributed by atoms with E-state index in [1.807, 2.05) is 0 Å². The van der Waals surface area contributed by atoms with E-state index in [4.69, 9.17) is 16.7 Å². The highest BCUT2D eigenvalue weighted by Crippen LogP contribution is 2.26. The van der Waals surface area contributed by atoms with Crippen molar-refractivity contribution < 1.29 is 17.9 Å². The lowest BCUT2D eigenvalue weighted by atomic mass is 10.1. The second-order valence-corrected chi connectivity index (χ2v) is 7.18. The Morgan fingerprint density at radius 3 is 2.60 bits per heavy atom. The molecule has 4 nitrogen and oxygen atoms in total. The molecule has 20 heavy (non-hydrogen) atoms. The van der Waals surface area contributed by atoms with Crippen LogP contribution in [0.5, 0.6) is 0 Å². The van der Waals surface area contributed by atoms with Crippen molar-refractivity contribution in [1.29, 1.82) is 0 Å². The largest absolute Gasteiger partial charge is 0.392 e. The van der Waals surface area contributed by atoms with Crippen molar-refractivity contribution in [2.45, 2.75) is 37.2 Å². The fraction of sp³-hybridized carbons (Fsp3) is 0.538. The van der Waals surface area contributed by atoms with Gasteiger partial charge in [0.05, 0.1) is 16.5 Å². The summed E-state index contributed by atoms with van der Waals surface area (Å²) in [6, 6.07) is 2.07. The molecule has 0 saturated heterocycles. The van der Waals surface area contributed by atoms with Crippen molar-refractivity contribution in [2.24, 2.45) is 5.92 Å². The Kier molecular flexibility index (Phi) is 5.01. The molecule has 1 aliphatic carbocycles. The summed E-state index contributed by atoms with van der Waals surface area (Å²) < 4.78 is 40.3. The molecule has 1 aromatic carbocycles. The minimum Gasteiger partial charge on any atom is -0.392 e. The summed E-state index contributed by atoms with van der Waals surface area (Å²) in [5.74, 6) is -0.501. The minimum atomic E-state index is -3.78. The standard InChI is InChI=1S/C13H17ClFNO3S/c14-13-10(8-17)5-11(6-12(13)15)20(18,19)16-7-9-3-1-2-4-9/h5-6,9,16-17H,1-4,7-8H2. The van der Waals surface area contributed by atoms with Gasteiger partial charge in [0.15, 0.2) is 0 Å². The Labute approximate surface area is 123 Å². The summed E-state index contributed by atoms with van der Waals surface area (Å²) in [4.78, 5) is -0.207. The number of aliphatic hydroxyl groups is 1. The van der Waals surface area contributed by atoms with E-state index in [2.05, 4.69) is 4.72 Å². The smallest absolute Gasteiger partial charge is 0.240 e. The lowest BCUT2D eigenvalue weighted by Gasteiger charge is -2.12. The lowest BCUT2D eigenvalue weighted by molar-refractivity contribution is 0.281. The number of nitrogens with one attached hydrogen (secondary N) is 1. The molecule has 0 aromatic heterocycles. The van der Waals surface area contributed by atoms with Crippen molar-refractivity contribution in [1.82, 2.24) is 4.72 Å². The third-order valence-electron chi connectivity index (χ3n) is 3.59. The summed E-state index contributed by atoms with van der Waals surface area (Å²) in [6.45, 7) is -0.150. The van der Waals surface area contributed by atoms with E-state index in [0.717, 1.165) is 31.7 Å². The highest BCUT2D eigenvalue weighted by Gasteiger charge is 2.21. The van der Waals surface area contributed by atoms with Crippen molar-refractivity contribution in [3.8, 4) is 0 Å². The van der Waals surface area contributed by atoms with Gasteiger partial charge >= 0.3 is 0 Å². The van der Waals surface area contributed by atoms with Crippen molar-refractivity contribution >= 4 is 21.6 Å². The zero-order valence-electron chi connectivity index (χ0n) is 10.9. The summed E-state index contributed by atoms with van der Waals surface area (Å²) in [5, 5.41) is 8.82. The van der Waals surface area contributed by atoms with Crippen LogP contribution in [0.25, 0.3) is 0 Å². The molecule has 0 bridgehead atoms. The van der Waals surface area contributed by atoms with Gasteiger partial charge < -0.3 is 5.11 Å². The van der Waals surface area contributed by atoms with Crippen LogP contribution in [-0.4, -0.2) is 20.1 Å². The molecule has 1 aliphatic rings. The monoisotopic (exact) mass is 321 g/mol. The van der Waals surface area contributed by atoms with Gasteiger partial charge in [0.25, 0.3) is 0 Å². The van der Waals surface area contributed by atoms with E-state index >= 15 is 0 Å². The molecule has 0 radical (unpaired) electrons. The Morgan fingerprint density at radius 1 is 1.35 bits per heavy atom. The van der Waals surface area contributed by atoms with Crippen LogP contribution in [0.3, 0.4) is 0 Å². The maximum absolute atomic E-state index is 13.6. The van der Waals surface area contributed by atoms with Crippen LogP contribution in [-0.2, 0) is 16.6 Å². The Balaban J connectivity index is 2.18. The van der Waals surface area contributed by atoms with Gasteiger partial charge in [0, 0.05) is 12.1 Å². The molecule has 2 rings (SSSR count). The van der Waals surface area contributed by atoms with Crippen molar-refractivity contribution in [2.75, 3.05) is 6.54 Å². The van der Waals surface area contributed by atoms with Gasteiger partial charge in [0.1, 0.15) is 5.82 Å². The molecule has 0 spiro atoms. The average molecular weight is 322 g/mol. The van der Waals surface area contributed by atoms with Gasteiger partial charge in [-0.1, -0.05) is 24.4 Å². The quantitative estimate of drug-likeness (QED) is 0.875. The van der Waals surface area contributed by atoms with Gasteiger partial charge in [0.2, 0.25) is 10.0 Å². The van der Waals surface area contributed by atoms with Crippen LogP contribution in [0, 0.1) is 11.7 Å². The molecule has 0 unspecified atom stereocenters. The fourth-order valence-corrected chi connectivity index (χ4v) is 3.76. The minimum absolute atomic E-state index is 0.0629. The van der Waals surface area contributed by atoms with Gasteiger partial charge in [-0.3, -0.25) is 0 Å². The first-order valence-corrected chi connectivity index (χ1v) is 8.38. The molecule has 7 heteroatoms. The van der Waals surface area contributed by atoms with Crippen LogP contribution < -0.4 is 4.72 Å². The second kappa shape index (κ2) is 6.39. The van der Waals surface area contributed by atoms with E-state index < -0.39 is 22.4 Å². The predicted octanol–water partition coefficient (Wildman–Crippen LogP) is 2.44. The lowest BCUT2D eigenvalue weighted by Crippen LogP contribution is -2.28. The predicted molar refractivity (Wildman–Crippen MR) is 74.5 cm³/mol. The van der Waals surface area contributed by atoms with Gasteiger partial charge in [-0.25, -0.2) is 17.5 Å². The van der Waals surface area contributed by atoms with Crippen LogP contribution in [0.2, 0.25) is 5.02 Å². The first-order valence-electron chi connectivity index (χ1n) is 6.52. The summed E-state index contributed by atoms with van der Waals surface area (Å²) in [5.41, 5.74) is 0.0629. The molecule has 1 fully saturated rings. The van der Waals surface area contributed by atoms with Crippen LogP contribution in [0.1, 0.15) is 31.2 Å². The Morgan fingerprint density at radius 2 is 2.00 bits per heavy atom. The van der Waals surface area contributed by atoms with Crippen molar-refractivity contribution in [3.63, 3.8) is 0 Å². The normalized spacial score (nSPS) is 16.8. The number of hydrogen-bond acceptors (Lipinski definition) is 3. The van der Waals surface area contributed by atoms with Crippen molar-refractivity contribution in [3.05, 3.63) is 28.5 Å². The number of benzene rings is 1. The summed E-state index contributed by atoms with van der Waals surface area (Å²) in [7, 11) is -3.78. The first-order chi connectivity index (χ1) is 9.44. The van der Waals surface area contributed by atoms with E-state index in [-0.39, 0.29) is 15.5 Å². The second-order valence-electron chi connectivity index (χ2n) is 5.04. The molecule has 0 aliphatic heterocycles. The van der Waals surface area contributed by atoms with Gasteiger partial charge in [-0.05, 0) is 30.9 Å². The fourth-order valence-electron chi connectivity index (χ4n) is 2.41. The number of halogens is 2. The summed E-state index contributed by atoms with van der Waals surface area (Å²) in [6.07, 6.45) is 4.27. The number of rotatable bonds is 5. The number of aliphatic hydroxyl groups excluding tert-OH is 1. The highest BCUT2D eigenvalue weighted by molar-refractivity contribution is 7.89. The SMILES string of the molecule is O=S(=O)(NCC1CCCC1)c1cc(F)c(Cl)c(CO)c1. The third kappa shape index (κ3) is 3.49. The maximum Gasteiger partial charge on any atom is 0.240 e. The third-order valence-corrected chi connectivity index (χ3v) is 5.42. The Bertz CT molecular complexity index is 586. The first kappa shape index (κ1) is 15.7. The maximum atomic E-state index is 13.6. The molecule has 112 valence electrons.